The summed E-state index contributed by atoms with van der Waals surface area (Å²) in [4.78, 5) is 25.5. The minimum Gasteiger partial charge on any atom is -0.255 e. The molecule has 216 valence electrons. The summed E-state index contributed by atoms with van der Waals surface area (Å²) in [5, 5.41) is 0. The van der Waals surface area contributed by atoms with E-state index in [-0.39, 0.29) is 19.5 Å². The molecule has 0 aliphatic heterocycles. The number of nitrogens with zero attached hydrogens (tertiary/aromatic N) is 6. The Hall–Kier alpha value is -5.26. The van der Waals surface area contributed by atoms with Crippen LogP contribution >= 0.6 is 0 Å². The van der Waals surface area contributed by atoms with Gasteiger partial charge in [-0.25, -0.2) is 0 Å². The standard InChI is InChI=1S/C17H14N2.2C10H8N2.Ru/c1-13-5-7-14(8-6-13)15-9-11-19-17(12-15)16-4-2-3-10-18-16;2*1-3-7-11-9(5-1)10-6-2-4-8-12-10;/h2-12H,1H3;2*1-8H;. The zero-order chi connectivity index (χ0) is 29.5. The van der Waals surface area contributed by atoms with E-state index in [0.717, 1.165) is 39.7 Å². The second-order valence-electron chi connectivity index (χ2n) is 9.37. The molecule has 7 aromatic rings. The van der Waals surface area contributed by atoms with E-state index in [0.29, 0.717) is 0 Å². The molecule has 7 heteroatoms. The van der Waals surface area contributed by atoms with Gasteiger partial charge in [-0.3, -0.25) is 29.9 Å². The van der Waals surface area contributed by atoms with Crippen LogP contribution in [0.25, 0.3) is 45.3 Å². The minimum absolute atomic E-state index is 0. The van der Waals surface area contributed by atoms with Crippen LogP contribution in [0.1, 0.15) is 5.56 Å². The van der Waals surface area contributed by atoms with E-state index in [1.165, 1.54) is 11.1 Å². The maximum absolute atomic E-state index is 4.39. The van der Waals surface area contributed by atoms with Gasteiger partial charge in [0.05, 0.1) is 34.2 Å². The fraction of sp³-hybridized carbons (Fsp3) is 0.0270. The number of aromatic nitrogens is 6. The summed E-state index contributed by atoms with van der Waals surface area (Å²) in [6.07, 6.45) is 10.7. The SMILES string of the molecule is Cc1ccc(-c2ccnc(-c3ccccn3)c2)cc1.[Ru].c1ccc(-c2ccccn2)nc1.c1ccc(-c2ccccn2)nc1. The fourth-order valence-electron chi connectivity index (χ4n) is 4.07. The molecule has 0 fully saturated rings. The Labute approximate surface area is 270 Å². The summed E-state index contributed by atoms with van der Waals surface area (Å²) in [5.74, 6) is 0. The van der Waals surface area contributed by atoms with Gasteiger partial charge in [0.25, 0.3) is 0 Å². The fourth-order valence-corrected chi connectivity index (χ4v) is 4.07. The van der Waals surface area contributed by atoms with Gasteiger partial charge in [0.15, 0.2) is 0 Å². The van der Waals surface area contributed by atoms with Gasteiger partial charge < -0.3 is 0 Å². The van der Waals surface area contributed by atoms with Crippen molar-refractivity contribution in [2.45, 2.75) is 6.92 Å². The van der Waals surface area contributed by atoms with E-state index in [4.69, 9.17) is 0 Å². The first-order chi connectivity index (χ1) is 21.3. The normalized spacial score (nSPS) is 9.75. The van der Waals surface area contributed by atoms with Crippen molar-refractivity contribution in [3.63, 3.8) is 0 Å². The van der Waals surface area contributed by atoms with Crippen molar-refractivity contribution in [3.8, 4) is 45.3 Å². The third kappa shape index (κ3) is 9.38. The first kappa shape index (κ1) is 31.7. The third-order valence-electron chi connectivity index (χ3n) is 6.26. The zero-order valence-electron chi connectivity index (χ0n) is 24.1. The van der Waals surface area contributed by atoms with Crippen molar-refractivity contribution in [3.05, 3.63) is 170 Å². The molecule has 0 radical (unpaired) electrons. The van der Waals surface area contributed by atoms with Crippen LogP contribution in [0.2, 0.25) is 0 Å². The van der Waals surface area contributed by atoms with Gasteiger partial charge in [-0.1, -0.05) is 60.2 Å². The van der Waals surface area contributed by atoms with Crippen molar-refractivity contribution in [2.24, 2.45) is 0 Å². The Kier molecular flexibility index (Phi) is 12.2. The van der Waals surface area contributed by atoms with Gasteiger partial charge in [-0.15, -0.1) is 0 Å². The van der Waals surface area contributed by atoms with Gasteiger partial charge in [0.1, 0.15) is 0 Å². The smallest absolute Gasteiger partial charge is 0.0892 e. The largest absolute Gasteiger partial charge is 0.255 e. The van der Waals surface area contributed by atoms with Gasteiger partial charge in [0.2, 0.25) is 0 Å². The molecular weight excluding hydrogens is 630 g/mol. The van der Waals surface area contributed by atoms with Crippen LogP contribution in [0.5, 0.6) is 0 Å². The number of aryl methyl sites for hydroxylation is 1. The van der Waals surface area contributed by atoms with Crippen LogP contribution in [0.4, 0.5) is 0 Å². The average molecular weight is 660 g/mol. The Morgan fingerprint density at radius 2 is 0.659 bits per heavy atom. The van der Waals surface area contributed by atoms with Crippen molar-refractivity contribution in [1.29, 1.82) is 0 Å². The van der Waals surface area contributed by atoms with Crippen molar-refractivity contribution in [2.75, 3.05) is 0 Å². The molecule has 0 saturated heterocycles. The average Bonchev–Trinajstić information content (AvgIpc) is 3.11. The molecule has 0 aliphatic carbocycles. The van der Waals surface area contributed by atoms with Crippen molar-refractivity contribution in [1.82, 2.24) is 29.9 Å². The van der Waals surface area contributed by atoms with Crippen LogP contribution in [0.15, 0.2) is 165 Å². The van der Waals surface area contributed by atoms with E-state index >= 15 is 0 Å². The first-order valence-electron chi connectivity index (χ1n) is 13.9. The summed E-state index contributed by atoms with van der Waals surface area (Å²) >= 11 is 0. The molecule has 0 saturated carbocycles. The van der Waals surface area contributed by atoms with E-state index in [9.17, 15) is 0 Å². The van der Waals surface area contributed by atoms with E-state index in [1.54, 1.807) is 31.0 Å². The topological polar surface area (TPSA) is 77.3 Å². The van der Waals surface area contributed by atoms with E-state index in [1.807, 2.05) is 103 Å². The maximum Gasteiger partial charge on any atom is 0.0892 e. The summed E-state index contributed by atoms with van der Waals surface area (Å²) in [5.41, 5.74) is 9.09. The summed E-state index contributed by atoms with van der Waals surface area (Å²) < 4.78 is 0. The molecule has 0 amide bonds. The molecule has 6 heterocycles. The number of rotatable bonds is 4. The van der Waals surface area contributed by atoms with Gasteiger partial charge in [0, 0.05) is 56.7 Å². The number of hydrogen-bond donors (Lipinski definition) is 0. The first-order valence-corrected chi connectivity index (χ1v) is 13.9. The summed E-state index contributed by atoms with van der Waals surface area (Å²) in [7, 11) is 0. The molecule has 0 bridgehead atoms. The van der Waals surface area contributed by atoms with Crippen molar-refractivity contribution < 1.29 is 19.5 Å². The van der Waals surface area contributed by atoms with Gasteiger partial charge in [-0.2, -0.15) is 0 Å². The Morgan fingerprint density at radius 1 is 0.318 bits per heavy atom. The second kappa shape index (κ2) is 17.0. The molecule has 0 spiro atoms. The summed E-state index contributed by atoms with van der Waals surface area (Å²) in [6.45, 7) is 2.09. The predicted molar refractivity (Wildman–Crippen MR) is 173 cm³/mol. The van der Waals surface area contributed by atoms with Crippen LogP contribution in [0, 0.1) is 6.92 Å². The summed E-state index contributed by atoms with van der Waals surface area (Å²) in [6, 6.07) is 41.7. The molecule has 0 aliphatic rings. The van der Waals surface area contributed by atoms with Crippen molar-refractivity contribution >= 4 is 0 Å². The van der Waals surface area contributed by atoms with Crippen LogP contribution in [0.3, 0.4) is 0 Å². The Morgan fingerprint density at radius 3 is 1.00 bits per heavy atom. The zero-order valence-corrected chi connectivity index (χ0v) is 25.9. The van der Waals surface area contributed by atoms with Crippen LogP contribution < -0.4 is 0 Å². The van der Waals surface area contributed by atoms with E-state index < -0.39 is 0 Å². The number of benzene rings is 1. The molecule has 0 atom stereocenters. The molecule has 44 heavy (non-hydrogen) atoms. The number of pyridine rings is 6. The van der Waals surface area contributed by atoms with Gasteiger partial charge in [-0.05, 0) is 90.8 Å². The molecule has 6 aromatic heterocycles. The number of hydrogen-bond acceptors (Lipinski definition) is 6. The van der Waals surface area contributed by atoms with Gasteiger partial charge >= 0.3 is 0 Å². The quantitative estimate of drug-likeness (QED) is 0.177. The maximum atomic E-state index is 4.39. The van der Waals surface area contributed by atoms with Crippen LogP contribution in [-0.2, 0) is 19.5 Å². The molecule has 0 unspecified atom stereocenters. The van der Waals surface area contributed by atoms with E-state index in [2.05, 4.69) is 67.2 Å². The third-order valence-corrected chi connectivity index (χ3v) is 6.26. The Balaban J connectivity index is 0.000000155. The molecule has 7 rings (SSSR count). The molecular formula is C37H30N6Ru. The minimum atomic E-state index is 0. The monoisotopic (exact) mass is 660 g/mol. The molecule has 0 N–H and O–H groups in total. The Bertz CT molecular complexity index is 1640. The second-order valence-corrected chi connectivity index (χ2v) is 9.37. The van der Waals surface area contributed by atoms with Crippen LogP contribution in [-0.4, -0.2) is 29.9 Å². The molecule has 6 nitrogen and oxygen atoms in total. The predicted octanol–water partition coefficient (Wildman–Crippen LogP) is 8.40. The molecule has 1 aromatic carbocycles.